The van der Waals surface area contributed by atoms with Crippen molar-refractivity contribution >= 4 is 35.2 Å². The number of carbonyl (C=O) groups excluding carboxylic acids is 4. The molecule has 0 bridgehead atoms. The number of amides is 4. The van der Waals surface area contributed by atoms with Gasteiger partial charge in [0.05, 0.1) is 32.0 Å². The highest BCUT2D eigenvalue weighted by atomic mass is 32.1. The molecule has 0 saturated heterocycles. The lowest BCUT2D eigenvalue weighted by molar-refractivity contribution is -0.130. The number of ether oxygens (including phenoxy) is 2. The molecule has 2 aromatic heterocycles. The lowest BCUT2D eigenvalue weighted by Crippen LogP contribution is -2.51. The van der Waals surface area contributed by atoms with Crippen molar-refractivity contribution in [2.45, 2.75) is 71.5 Å². The van der Waals surface area contributed by atoms with E-state index in [1.165, 1.54) is 22.4 Å². The van der Waals surface area contributed by atoms with Crippen molar-refractivity contribution in [1.29, 1.82) is 0 Å². The fourth-order valence-electron chi connectivity index (χ4n) is 5.33. The van der Waals surface area contributed by atoms with Crippen LogP contribution in [0.5, 0.6) is 11.5 Å². The molecule has 0 spiro atoms. The minimum absolute atomic E-state index is 0.122. The third-order valence-electron chi connectivity index (χ3n) is 8.13. The minimum Gasteiger partial charge on any atom is -0.493 e. The molecule has 4 amide bonds. The first-order chi connectivity index (χ1) is 22.6. The van der Waals surface area contributed by atoms with E-state index >= 15 is 0 Å². The largest absolute Gasteiger partial charge is 0.493 e. The molecule has 0 radical (unpaired) electrons. The molecule has 1 aliphatic heterocycles. The van der Waals surface area contributed by atoms with Gasteiger partial charge in [-0.25, -0.2) is 14.0 Å². The maximum absolute atomic E-state index is 13.6. The predicted molar refractivity (Wildman–Crippen MR) is 175 cm³/mol. The van der Waals surface area contributed by atoms with Crippen LogP contribution in [0.15, 0.2) is 29.8 Å². The van der Waals surface area contributed by atoms with Gasteiger partial charge in [0, 0.05) is 37.9 Å². The van der Waals surface area contributed by atoms with Gasteiger partial charge >= 0.3 is 0 Å². The summed E-state index contributed by atoms with van der Waals surface area (Å²) in [4.78, 5) is 59.3. The van der Waals surface area contributed by atoms with E-state index in [-0.39, 0.29) is 42.5 Å². The molecule has 15 heteroatoms. The molecule has 4 rings (SSSR count). The average molecular weight is 669 g/mol. The Kier molecular flexibility index (Phi) is 12.7. The number of rotatable bonds is 7. The highest BCUT2D eigenvalue weighted by molar-refractivity contribution is 7.03. The van der Waals surface area contributed by atoms with Gasteiger partial charge in [-0.05, 0) is 54.9 Å². The zero-order chi connectivity index (χ0) is 33.9. The number of aromatic nitrogens is 4. The Morgan fingerprint density at radius 2 is 1.85 bits per heavy atom. The van der Waals surface area contributed by atoms with Gasteiger partial charge in [-0.15, -0.1) is 0 Å². The summed E-state index contributed by atoms with van der Waals surface area (Å²) in [5.74, 6) is 0.788. The molecule has 3 heterocycles. The highest BCUT2D eigenvalue weighted by Gasteiger charge is 2.29. The van der Waals surface area contributed by atoms with Crippen LogP contribution < -0.4 is 25.4 Å². The molecule has 47 heavy (non-hydrogen) atoms. The Balaban J connectivity index is 1.60. The second-order valence-electron chi connectivity index (χ2n) is 11.6. The van der Waals surface area contributed by atoms with Crippen LogP contribution in [0.3, 0.4) is 0 Å². The molecule has 3 atom stereocenters. The van der Waals surface area contributed by atoms with E-state index in [1.54, 1.807) is 37.5 Å². The molecule has 3 aromatic rings. The number of hydrogen-bond acceptors (Lipinski definition) is 10. The standard InChI is InChI=1S/C32H44N8O6S/c1-6-20(2)29-31(43)35-21(3)30-36-26(16-22-10-11-24(45-4)25(15-22)46-5)38-40(30)18-28(42)33-12-8-14-39(13-7-9-27(41)37-29)32(44)23-17-34-47-19-23/h10-11,15,17,19-21,29H,6-9,12-14,16,18H2,1-5H3,(H,33,42)(H,35,43)(H,37,41)/t20-,21+,29-/m0/s1. The molecular formula is C32H44N8O6S. The van der Waals surface area contributed by atoms with Crippen LogP contribution in [-0.4, -0.2) is 87.6 Å². The van der Waals surface area contributed by atoms with E-state index in [0.29, 0.717) is 74.0 Å². The Bertz CT molecular complexity index is 1530. The molecule has 0 aliphatic carbocycles. The topological polar surface area (TPSA) is 170 Å². The fraction of sp³-hybridized carbons (Fsp3) is 0.531. The first-order valence-corrected chi connectivity index (χ1v) is 16.7. The molecular weight excluding hydrogens is 624 g/mol. The van der Waals surface area contributed by atoms with Gasteiger partial charge in [0.2, 0.25) is 17.7 Å². The van der Waals surface area contributed by atoms with Crippen molar-refractivity contribution in [1.82, 2.24) is 40.0 Å². The van der Waals surface area contributed by atoms with Gasteiger partial charge in [-0.3, -0.25) is 19.2 Å². The van der Waals surface area contributed by atoms with Gasteiger partial charge < -0.3 is 30.3 Å². The Hall–Kier alpha value is -4.53. The SMILES string of the molecule is CC[C@H](C)[C@@H]1NC(=O)CCCN(C(=O)c2cnsc2)CCCNC(=O)Cn2nc(Cc3ccc(OC)c(OC)c3)nc2[C@@H](C)NC1=O. The number of carbonyl (C=O) groups is 4. The molecule has 254 valence electrons. The molecule has 1 aromatic carbocycles. The second-order valence-corrected chi connectivity index (χ2v) is 12.2. The van der Waals surface area contributed by atoms with Gasteiger partial charge in [0.1, 0.15) is 18.4 Å². The van der Waals surface area contributed by atoms with Crippen molar-refractivity contribution in [2.24, 2.45) is 5.92 Å². The maximum atomic E-state index is 13.6. The van der Waals surface area contributed by atoms with Gasteiger partial charge in [-0.1, -0.05) is 26.3 Å². The summed E-state index contributed by atoms with van der Waals surface area (Å²) < 4.78 is 16.3. The fourth-order valence-corrected chi connectivity index (χ4v) is 5.84. The van der Waals surface area contributed by atoms with Gasteiger partial charge in [0.25, 0.3) is 5.91 Å². The molecule has 3 N–H and O–H groups in total. The molecule has 0 saturated carbocycles. The number of hydrogen-bond donors (Lipinski definition) is 3. The van der Waals surface area contributed by atoms with Crippen molar-refractivity contribution in [2.75, 3.05) is 33.9 Å². The summed E-state index contributed by atoms with van der Waals surface area (Å²) in [7, 11) is 3.13. The van der Waals surface area contributed by atoms with E-state index in [2.05, 4.69) is 25.4 Å². The van der Waals surface area contributed by atoms with Crippen LogP contribution in [0.25, 0.3) is 0 Å². The Morgan fingerprint density at radius 1 is 1.09 bits per heavy atom. The third kappa shape index (κ3) is 9.50. The summed E-state index contributed by atoms with van der Waals surface area (Å²) in [5, 5.41) is 15.1. The van der Waals surface area contributed by atoms with Gasteiger partial charge in [-0.2, -0.15) is 5.10 Å². The van der Waals surface area contributed by atoms with Crippen LogP contribution in [0.2, 0.25) is 0 Å². The number of fused-ring (bicyclic) bond motifs is 1. The maximum Gasteiger partial charge on any atom is 0.256 e. The highest BCUT2D eigenvalue weighted by Crippen LogP contribution is 2.28. The van der Waals surface area contributed by atoms with Gasteiger partial charge in [0.15, 0.2) is 17.3 Å². The van der Waals surface area contributed by atoms with Crippen LogP contribution in [-0.2, 0) is 27.3 Å². The van der Waals surface area contributed by atoms with E-state index in [9.17, 15) is 19.2 Å². The van der Waals surface area contributed by atoms with Crippen LogP contribution in [0.1, 0.15) is 80.1 Å². The smallest absolute Gasteiger partial charge is 0.256 e. The van der Waals surface area contributed by atoms with E-state index in [4.69, 9.17) is 14.5 Å². The number of benzene rings is 1. The number of methoxy groups -OCH3 is 2. The zero-order valence-corrected chi connectivity index (χ0v) is 28.4. The van der Waals surface area contributed by atoms with Crippen molar-refractivity contribution in [3.8, 4) is 11.5 Å². The number of nitrogens with zero attached hydrogens (tertiary/aromatic N) is 5. The average Bonchev–Trinajstić information content (AvgIpc) is 3.74. The third-order valence-corrected chi connectivity index (χ3v) is 8.72. The number of nitrogens with one attached hydrogen (secondary N) is 3. The molecule has 0 unspecified atom stereocenters. The lowest BCUT2D eigenvalue weighted by atomic mass is 9.97. The normalized spacial score (nSPS) is 19.3. The van der Waals surface area contributed by atoms with Crippen LogP contribution in [0, 0.1) is 5.92 Å². The monoisotopic (exact) mass is 668 g/mol. The van der Waals surface area contributed by atoms with Crippen molar-refractivity contribution in [3.63, 3.8) is 0 Å². The van der Waals surface area contributed by atoms with E-state index in [1.807, 2.05) is 26.0 Å². The summed E-state index contributed by atoms with van der Waals surface area (Å²) >= 11 is 1.19. The van der Waals surface area contributed by atoms with E-state index < -0.39 is 12.1 Å². The van der Waals surface area contributed by atoms with Crippen LogP contribution in [0.4, 0.5) is 0 Å². The predicted octanol–water partition coefficient (Wildman–Crippen LogP) is 2.49. The first-order valence-electron chi connectivity index (χ1n) is 15.8. The van der Waals surface area contributed by atoms with Crippen molar-refractivity contribution < 1.29 is 28.7 Å². The molecule has 14 nitrogen and oxygen atoms in total. The Morgan fingerprint density at radius 3 is 2.55 bits per heavy atom. The summed E-state index contributed by atoms with van der Waals surface area (Å²) in [6.45, 7) is 6.58. The van der Waals surface area contributed by atoms with Crippen LogP contribution >= 0.6 is 11.5 Å². The quantitative estimate of drug-likeness (QED) is 0.342. The van der Waals surface area contributed by atoms with Crippen molar-refractivity contribution in [3.05, 3.63) is 52.6 Å². The minimum atomic E-state index is -0.783. The first kappa shape index (κ1) is 35.3. The van der Waals surface area contributed by atoms with E-state index in [0.717, 1.165) is 5.56 Å². The summed E-state index contributed by atoms with van der Waals surface area (Å²) in [5.41, 5.74) is 1.35. The summed E-state index contributed by atoms with van der Waals surface area (Å²) in [6.07, 6.45) is 3.61. The zero-order valence-electron chi connectivity index (χ0n) is 27.6. The second kappa shape index (κ2) is 16.9. The lowest BCUT2D eigenvalue weighted by Gasteiger charge is -2.26. The summed E-state index contributed by atoms with van der Waals surface area (Å²) in [6, 6.07) is 4.12. The Labute approximate surface area is 278 Å². The molecule has 0 fully saturated rings. The molecule has 1 aliphatic rings.